The van der Waals surface area contributed by atoms with E-state index in [1.165, 1.54) is 21.2 Å². The van der Waals surface area contributed by atoms with Crippen molar-refractivity contribution in [2.75, 3.05) is 0 Å². The van der Waals surface area contributed by atoms with Crippen molar-refractivity contribution < 1.29 is 19.5 Å². The topological polar surface area (TPSA) is 0 Å². The number of halogens is 2. The molecule has 31 heavy (non-hydrogen) atoms. The molecule has 0 unspecified atom stereocenters. The Bertz CT molecular complexity index is 850. The van der Waals surface area contributed by atoms with Crippen LogP contribution in [0.4, 0.5) is 0 Å². The first-order chi connectivity index (χ1) is 13.9. The molecular formula is C26H23Cl2P2Ru. The fourth-order valence-electron chi connectivity index (χ4n) is 3.04. The molecule has 0 saturated heterocycles. The van der Waals surface area contributed by atoms with Crippen molar-refractivity contribution in [3.8, 4) is 0 Å². The summed E-state index contributed by atoms with van der Waals surface area (Å²) in [6.07, 6.45) is 0. The molecule has 0 heterocycles. The second-order valence-corrected chi connectivity index (χ2v) is 10.3. The molecule has 4 aromatic rings. The van der Waals surface area contributed by atoms with Crippen LogP contribution in [0.5, 0.6) is 0 Å². The SMILES string of the molecule is Cl.Cl.[C-](=CP(c1ccccc1)c1ccccc1)P(c1ccccc1)c1ccccc1.[Ru+]. The smallest absolute Gasteiger partial charge is 0.456 e. The predicted octanol–water partition coefficient (Wildman–Crippen LogP) is 6.37. The Balaban J connectivity index is 0.00000160. The van der Waals surface area contributed by atoms with Gasteiger partial charge in [-0.05, 0) is 21.2 Å². The van der Waals surface area contributed by atoms with E-state index in [9.17, 15) is 0 Å². The molecule has 1 radical (unpaired) electrons. The van der Waals surface area contributed by atoms with E-state index < -0.39 is 15.8 Å². The standard InChI is InChI=1S/C26H21P2.2ClH.Ru/c1-5-13-23(14-6-1)27(24-15-7-2-8-16-24)21-22-28(25-17-9-3-10-18-25)26-19-11-4-12-20-26;;;/h1-21H;2*1H;/q-1;;;+1. The quantitative estimate of drug-likeness (QED) is 0.144. The Morgan fingerprint density at radius 2 is 0.742 bits per heavy atom. The average Bonchev–Trinajstić information content (AvgIpc) is 2.79. The van der Waals surface area contributed by atoms with Gasteiger partial charge >= 0.3 is 19.5 Å². The van der Waals surface area contributed by atoms with Gasteiger partial charge in [-0.15, -0.1) is 24.8 Å². The molecule has 159 valence electrons. The summed E-state index contributed by atoms with van der Waals surface area (Å²) in [4.78, 5) is 0. The summed E-state index contributed by atoms with van der Waals surface area (Å²) in [6.45, 7) is 0. The van der Waals surface area contributed by atoms with Gasteiger partial charge in [0.2, 0.25) is 0 Å². The first-order valence-electron chi connectivity index (χ1n) is 9.31. The minimum Gasteiger partial charge on any atom is -0.456 e. The van der Waals surface area contributed by atoms with Crippen molar-refractivity contribution in [3.63, 3.8) is 0 Å². The van der Waals surface area contributed by atoms with Gasteiger partial charge < -0.3 is 5.82 Å². The van der Waals surface area contributed by atoms with Gasteiger partial charge in [-0.3, -0.25) is 0 Å². The van der Waals surface area contributed by atoms with E-state index in [1.54, 1.807) is 0 Å². The third-order valence-corrected chi connectivity index (χ3v) is 8.73. The minimum absolute atomic E-state index is 0. The Morgan fingerprint density at radius 1 is 0.452 bits per heavy atom. The van der Waals surface area contributed by atoms with E-state index in [0.29, 0.717) is 0 Å². The molecular weight excluding hydrogens is 546 g/mol. The van der Waals surface area contributed by atoms with Crippen LogP contribution < -0.4 is 21.2 Å². The first-order valence-corrected chi connectivity index (χ1v) is 12.1. The van der Waals surface area contributed by atoms with Crippen LogP contribution in [-0.2, 0) is 19.5 Å². The van der Waals surface area contributed by atoms with Gasteiger partial charge in [-0.2, -0.15) is 0 Å². The molecule has 5 heteroatoms. The maximum atomic E-state index is 3.82. The second kappa shape index (κ2) is 14.7. The van der Waals surface area contributed by atoms with Crippen molar-refractivity contribution in [1.82, 2.24) is 0 Å². The average molecular weight is 569 g/mol. The Kier molecular flexibility index (Phi) is 13.1. The Hall–Kier alpha value is -1.32. The van der Waals surface area contributed by atoms with E-state index in [4.69, 9.17) is 0 Å². The largest absolute Gasteiger partial charge is 1.00 e. The molecule has 0 fully saturated rings. The van der Waals surface area contributed by atoms with Crippen molar-refractivity contribution in [2.24, 2.45) is 0 Å². The molecule has 0 atom stereocenters. The Labute approximate surface area is 213 Å². The third-order valence-electron chi connectivity index (χ3n) is 4.41. The van der Waals surface area contributed by atoms with E-state index in [-0.39, 0.29) is 44.3 Å². The van der Waals surface area contributed by atoms with Crippen LogP contribution >= 0.6 is 40.7 Å². The fourth-order valence-corrected chi connectivity index (χ4v) is 7.09. The molecule has 0 spiro atoms. The zero-order valence-corrected chi connectivity index (χ0v) is 21.8. The van der Waals surface area contributed by atoms with E-state index in [2.05, 4.69) is 133 Å². The van der Waals surface area contributed by atoms with Crippen LogP contribution in [0.25, 0.3) is 0 Å². The summed E-state index contributed by atoms with van der Waals surface area (Å²) in [6, 6.07) is 43.0. The molecule has 0 amide bonds. The molecule has 4 aromatic carbocycles. The summed E-state index contributed by atoms with van der Waals surface area (Å²) in [5, 5.41) is 5.37. The molecule has 0 aliphatic rings. The molecule has 0 saturated carbocycles. The van der Waals surface area contributed by atoms with Crippen molar-refractivity contribution >= 4 is 61.9 Å². The second-order valence-electron chi connectivity index (χ2n) is 6.31. The normalized spacial score (nSPS) is 10.3. The summed E-state index contributed by atoms with van der Waals surface area (Å²) < 4.78 is 0. The summed E-state index contributed by atoms with van der Waals surface area (Å²) in [5.41, 5.74) is 0. The van der Waals surface area contributed by atoms with Gasteiger partial charge in [0.15, 0.2) is 0 Å². The summed E-state index contributed by atoms with van der Waals surface area (Å²) in [7, 11) is -1.24. The molecule has 4 rings (SSSR count). The number of rotatable bonds is 6. The van der Waals surface area contributed by atoms with Crippen LogP contribution in [0.1, 0.15) is 0 Å². The van der Waals surface area contributed by atoms with Crippen molar-refractivity contribution in [2.45, 2.75) is 0 Å². The van der Waals surface area contributed by atoms with E-state index in [1.807, 2.05) is 0 Å². The Morgan fingerprint density at radius 3 is 1.06 bits per heavy atom. The predicted molar refractivity (Wildman–Crippen MR) is 140 cm³/mol. The molecule has 0 bridgehead atoms. The van der Waals surface area contributed by atoms with Crippen molar-refractivity contribution in [3.05, 3.63) is 133 Å². The summed E-state index contributed by atoms with van der Waals surface area (Å²) in [5.74, 6) is 6.14. The minimum atomic E-state index is -0.653. The molecule has 0 nitrogen and oxygen atoms in total. The van der Waals surface area contributed by atoms with Crippen LogP contribution in [0.3, 0.4) is 0 Å². The monoisotopic (exact) mass is 569 g/mol. The number of hydrogen-bond donors (Lipinski definition) is 0. The van der Waals surface area contributed by atoms with Crippen LogP contribution in [0.2, 0.25) is 0 Å². The van der Waals surface area contributed by atoms with Crippen molar-refractivity contribution in [1.29, 1.82) is 0 Å². The van der Waals surface area contributed by atoms with E-state index >= 15 is 0 Å². The van der Waals surface area contributed by atoms with Gasteiger partial charge in [0, 0.05) is 0 Å². The van der Waals surface area contributed by atoms with E-state index in [0.717, 1.165) is 0 Å². The maximum absolute atomic E-state index is 3.82. The summed E-state index contributed by atoms with van der Waals surface area (Å²) >= 11 is 0. The molecule has 0 N–H and O–H groups in total. The molecule has 0 aliphatic heterocycles. The van der Waals surface area contributed by atoms with Gasteiger partial charge in [-0.1, -0.05) is 129 Å². The maximum Gasteiger partial charge on any atom is 1.00 e. The van der Waals surface area contributed by atoms with Gasteiger partial charge in [0.25, 0.3) is 0 Å². The number of hydrogen-bond acceptors (Lipinski definition) is 0. The fraction of sp³-hybridized carbons (Fsp3) is 0. The zero-order chi connectivity index (χ0) is 19.0. The van der Waals surface area contributed by atoms with Gasteiger partial charge in [-0.25, -0.2) is 13.7 Å². The van der Waals surface area contributed by atoms with Crippen LogP contribution in [-0.4, -0.2) is 0 Å². The number of benzene rings is 4. The van der Waals surface area contributed by atoms with Crippen LogP contribution in [0, 0.1) is 5.82 Å². The van der Waals surface area contributed by atoms with Gasteiger partial charge in [0.05, 0.1) is 0 Å². The van der Waals surface area contributed by atoms with Gasteiger partial charge in [0.1, 0.15) is 0 Å². The zero-order valence-electron chi connectivity index (χ0n) is 16.7. The molecule has 0 aliphatic carbocycles. The molecule has 0 aromatic heterocycles. The van der Waals surface area contributed by atoms with Crippen LogP contribution in [0.15, 0.2) is 127 Å². The first kappa shape index (κ1) is 27.7. The third kappa shape index (κ3) is 7.65.